The molecular weight excluding hydrogens is 445 g/mol. The van der Waals surface area contributed by atoms with Crippen molar-refractivity contribution in [1.82, 2.24) is 15.6 Å². The van der Waals surface area contributed by atoms with E-state index in [-0.39, 0.29) is 35.1 Å². The summed E-state index contributed by atoms with van der Waals surface area (Å²) in [4.78, 5) is 4.16. The first-order chi connectivity index (χ1) is 16.1. The summed E-state index contributed by atoms with van der Waals surface area (Å²) < 4.78 is 46.4. The molecular formula is C24H27F3N6O. The van der Waals surface area contributed by atoms with Crippen LogP contribution in [0.4, 0.5) is 19.0 Å². The van der Waals surface area contributed by atoms with Gasteiger partial charge in [-0.05, 0) is 43.7 Å². The number of nitrogen functional groups attached to an aromatic ring is 1. The minimum Gasteiger partial charge on any atom is -0.482 e. The number of benzene rings is 1. The summed E-state index contributed by atoms with van der Waals surface area (Å²) in [6, 6.07) is 5.62. The second-order valence-electron chi connectivity index (χ2n) is 7.86. The van der Waals surface area contributed by atoms with Crippen LogP contribution in [-0.4, -0.2) is 36.4 Å². The Bertz CT molecular complexity index is 1180. The number of hydrogen-bond donors (Lipinski definition) is 5. The highest BCUT2D eigenvalue weighted by molar-refractivity contribution is 6.13. The lowest BCUT2D eigenvalue weighted by Gasteiger charge is -2.24. The average molecular weight is 473 g/mol. The van der Waals surface area contributed by atoms with Gasteiger partial charge in [-0.1, -0.05) is 0 Å². The Morgan fingerprint density at radius 1 is 1.35 bits per heavy atom. The van der Waals surface area contributed by atoms with E-state index in [2.05, 4.69) is 15.6 Å². The lowest BCUT2D eigenvalue weighted by molar-refractivity contribution is 0.151. The monoisotopic (exact) mass is 472 g/mol. The van der Waals surface area contributed by atoms with Crippen molar-refractivity contribution in [3.05, 3.63) is 70.3 Å². The topological polar surface area (TPSA) is 120 Å². The number of nitrogens with zero attached hydrogens (tertiary/aromatic N) is 1. The zero-order valence-corrected chi connectivity index (χ0v) is 19.1. The maximum Gasteiger partial charge on any atom is 0.255 e. The number of nitrogens with two attached hydrogens (primary N) is 1. The van der Waals surface area contributed by atoms with Gasteiger partial charge in [0.1, 0.15) is 11.9 Å². The molecule has 34 heavy (non-hydrogen) atoms. The van der Waals surface area contributed by atoms with Crippen LogP contribution in [-0.2, 0) is 0 Å². The number of allylic oxidation sites excluding steroid dienone is 2. The third-order valence-corrected chi connectivity index (χ3v) is 5.39. The van der Waals surface area contributed by atoms with Gasteiger partial charge in [-0.25, -0.2) is 18.2 Å². The molecule has 1 unspecified atom stereocenters. The van der Waals surface area contributed by atoms with E-state index < -0.39 is 24.9 Å². The molecule has 2 bridgehead atoms. The molecule has 1 atom stereocenters. The van der Waals surface area contributed by atoms with E-state index in [9.17, 15) is 13.2 Å². The smallest absolute Gasteiger partial charge is 0.255 e. The van der Waals surface area contributed by atoms with Crippen molar-refractivity contribution in [3.8, 4) is 5.75 Å². The Morgan fingerprint density at radius 2 is 2.09 bits per heavy atom. The molecule has 180 valence electrons. The predicted octanol–water partition coefficient (Wildman–Crippen LogP) is 4.42. The number of halogens is 3. The van der Waals surface area contributed by atoms with E-state index in [4.69, 9.17) is 21.3 Å². The molecule has 0 amide bonds. The Hall–Kier alpha value is -3.82. The quantitative estimate of drug-likeness (QED) is 0.413. The Balaban J connectivity index is 2.33. The third-order valence-electron chi connectivity index (χ3n) is 5.39. The summed E-state index contributed by atoms with van der Waals surface area (Å²) in [5.74, 6) is -0.239. The van der Waals surface area contributed by atoms with Crippen LogP contribution in [0.1, 0.15) is 43.1 Å². The minimum atomic E-state index is -2.63. The van der Waals surface area contributed by atoms with Crippen molar-refractivity contribution >= 4 is 22.9 Å². The fraction of sp³-hybridized carbons (Fsp3) is 0.292. The molecule has 3 rings (SSSR count). The van der Waals surface area contributed by atoms with E-state index in [0.717, 1.165) is 0 Å². The number of ether oxygens (including phenoxy) is 1. The first-order valence-electron chi connectivity index (χ1n) is 10.6. The number of pyridine rings is 1. The molecule has 0 aliphatic carbocycles. The van der Waals surface area contributed by atoms with Crippen LogP contribution in [0.2, 0.25) is 0 Å². The molecule has 0 saturated heterocycles. The van der Waals surface area contributed by atoms with Crippen LogP contribution in [0, 0.1) is 16.6 Å². The molecule has 7 nitrogen and oxygen atoms in total. The summed E-state index contributed by atoms with van der Waals surface area (Å²) in [5, 5.41) is 22.9. The van der Waals surface area contributed by atoms with Gasteiger partial charge in [-0.3, -0.25) is 5.41 Å². The van der Waals surface area contributed by atoms with Crippen molar-refractivity contribution in [1.29, 1.82) is 10.8 Å². The van der Waals surface area contributed by atoms with Crippen LogP contribution in [0.3, 0.4) is 0 Å². The van der Waals surface area contributed by atoms with Crippen molar-refractivity contribution in [2.45, 2.75) is 32.8 Å². The van der Waals surface area contributed by atoms with Gasteiger partial charge in [-0.2, -0.15) is 0 Å². The number of aromatic nitrogens is 1. The molecule has 0 radical (unpaired) electrons. The van der Waals surface area contributed by atoms with Gasteiger partial charge in [0.05, 0.1) is 12.3 Å². The number of alkyl halides is 2. The maximum absolute atomic E-state index is 14.2. The predicted molar refractivity (Wildman–Crippen MR) is 127 cm³/mol. The van der Waals surface area contributed by atoms with Crippen LogP contribution in [0.5, 0.6) is 5.75 Å². The zero-order valence-electron chi connectivity index (χ0n) is 19.1. The van der Waals surface area contributed by atoms with Crippen LogP contribution < -0.4 is 21.1 Å². The zero-order chi connectivity index (χ0) is 25.0. The molecule has 2 heterocycles. The van der Waals surface area contributed by atoms with Gasteiger partial charge >= 0.3 is 0 Å². The highest BCUT2D eigenvalue weighted by atomic mass is 19.3. The molecule has 10 heteroatoms. The lowest BCUT2D eigenvalue weighted by atomic mass is 9.89. The number of anilines is 1. The fourth-order valence-corrected chi connectivity index (χ4v) is 3.76. The number of hydrogen-bond acceptors (Lipinski definition) is 7. The summed E-state index contributed by atoms with van der Waals surface area (Å²) in [6.45, 7) is 2.59. The fourth-order valence-electron chi connectivity index (χ4n) is 3.76. The molecule has 1 aromatic heterocycles. The molecule has 2 aromatic rings. The molecule has 1 aromatic carbocycles. The van der Waals surface area contributed by atoms with Gasteiger partial charge in [0.25, 0.3) is 6.43 Å². The Morgan fingerprint density at radius 3 is 2.74 bits per heavy atom. The molecule has 0 spiro atoms. The van der Waals surface area contributed by atoms with E-state index in [1.165, 1.54) is 24.4 Å². The lowest BCUT2D eigenvalue weighted by Crippen LogP contribution is -2.24. The van der Waals surface area contributed by atoms with E-state index in [1.54, 1.807) is 33.2 Å². The van der Waals surface area contributed by atoms with Crippen LogP contribution >= 0.6 is 0 Å². The molecule has 1 aliphatic heterocycles. The summed E-state index contributed by atoms with van der Waals surface area (Å²) in [6.07, 6.45) is -0.244. The SMILES string of the molecule is CN/C=C1/C/C(C(C)=N)=C(/NCC(F)F)c2cnc(N)c(c2)OC(C)c2cc(F)ccc2C1=N. The van der Waals surface area contributed by atoms with Crippen molar-refractivity contribution in [2.24, 2.45) is 0 Å². The van der Waals surface area contributed by atoms with Crippen LogP contribution in [0.25, 0.3) is 5.70 Å². The van der Waals surface area contributed by atoms with Gasteiger partial charge in [-0.15, -0.1) is 0 Å². The second-order valence-corrected chi connectivity index (χ2v) is 7.86. The average Bonchev–Trinajstić information content (AvgIpc) is 2.78. The molecule has 6 N–H and O–H groups in total. The van der Waals surface area contributed by atoms with E-state index >= 15 is 0 Å². The van der Waals surface area contributed by atoms with E-state index in [1.807, 2.05) is 0 Å². The Labute approximate surface area is 195 Å². The van der Waals surface area contributed by atoms with Gasteiger partial charge in [0.2, 0.25) is 0 Å². The normalized spacial score (nSPS) is 19.7. The molecule has 1 aliphatic rings. The van der Waals surface area contributed by atoms with Crippen molar-refractivity contribution in [3.63, 3.8) is 0 Å². The van der Waals surface area contributed by atoms with Crippen molar-refractivity contribution in [2.75, 3.05) is 19.3 Å². The van der Waals surface area contributed by atoms with Crippen molar-refractivity contribution < 1.29 is 17.9 Å². The van der Waals surface area contributed by atoms with Gasteiger partial charge < -0.3 is 26.5 Å². The summed E-state index contributed by atoms with van der Waals surface area (Å²) >= 11 is 0. The largest absolute Gasteiger partial charge is 0.482 e. The number of nitrogens with one attached hydrogen (secondary N) is 4. The maximum atomic E-state index is 14.2. The summed E-state index contributed by atoms with van der Waals surface area (Å²) in [5.41, 5.74) is 8.62. The highest BCUT2D eigenvalue weighted by Gasteiger charge is 2.24. The highest BCUT2D eigenvalue weighted by Crippen LogP contribution is 2.34. The summed E-state index contributed by atoms with van der Waals surface area (Å²) in [7, 11) is 1.67. The molecule has 0 fully saturated rings. The first-order valence-corrected chi connectivity index (χ1v) is 10.6. The molecule has 0 saturated carbocycles. The first kappa shape index (κ1) is 24.8. The standard InChI is InChI=1S/C24H27F3N6O/c1-12(28)18-6-14(9-31-3)22(29)17-5-4-16(25)8-19(17)13(2)34-20-7-15(10-33-24(20)30)23(18)32-11-21(26)27/h4-5,7-10,13,21,28-29,31-32H,6,11H2,1-3H3,(H2,30,33)/b14-9-,23-18-,28-12?,29-22?. The van der Waals surface area contributed by atoms with E-state index in [0.29, 0.717) is 27.8 Å². The minimum absolute atomic E-state index is 0.0674. The van der Waals surface area contributed by atoms with Crippen LogP contribution in [0.15, 0.2) is 47.8 Å². The Kier molecular flexibility index (Phi) is 7.60. The number of fused-ring (bicyclic) bond motifs is 3. The van der Waals surface area contributed by atoms with Gasteiger partial charge in [0.15, 0.2) is 11.6 Å². The van der Waals surface area contributed by atoms with Gasteiger partial charge in [0, 0.05) is 59.5 Å². The number of rotatable bonds is 5. The second kappa shape index (κ2) is 10.4. The third kappa shape index (κ3) is 5.38.